The van der Waals surface area contributed by atoms with E-state index in [4.69, 9.17) is 0 Å². The molecular formula is C23H23ClFN. The second-order valence-corrected chi connectivity index (χ2v) is 5.94. The van der Waals surface area contributed by atoms with Crippen molar-refractivity contribution in [1.29, 1.82) is 0 Å². The first-order chi connectivity index (χ1) is 12.3. The third-order valence-electron chi connectivity index (χ3n) is 4.08. The van der Waals surface area contributed by atoms with Gasteiger partial charge in [-0.2, -0.15) is 0 Å². The van der Waals surface area contributed by atoms with E-state index in [1.165, 1.54) is 28.8 Å². The summed E-state index contributed by atoms with van der Waals surface area (Å²) in [5.74, 6) is -0.193. The van der Waals surface area contributed by atoms with Gasteiger partial charge in [-0.3, -0.25) is 0 Å². The van der Waals surface area contributed by atoms with Crippen molar-refractivity contribution < 1.29 is 4.39 Å². The maximum absolute atomic E-state index is 12.9. The van der Waals surface area contributed by atoms with E-state index in [1.54, 1.807) is 0 Å². The largest absolute Gasteiger partial charge is 0.312 e. The van der Waals surface area contributed by atoms with Gasteiger partial charge in [0.15, 0.2) is 0 Å². The van der Waals surface area contributed by atoms with Crippen molar-refractivity contribution in [3.8, 4) is 0 Å². The second kappa shape index (κ2) is 10.5. The maximum Gasteiger partial charge on any atom is 0.123 e. The molecule has 134 valence electrons. The zero-order valence-electron chi connectivity index (χ0n) is 14.6. The van der Waals surface area contributed by atoms with E-state index < -0.39 is 0 Å². The average molecular weight is 368 g/mol. The summed E-state index contributed by atoms with van der Waals surface area (Å²) in [6.45, 7) is 1.63. The molecule has 0 bridgehead atoms. The Bertz CT molecular complexity index is 757. The van der Waals surface area contributed by atoms with Crippen LogP contribution >= 0.6 is 12.4 Å². The quantitative estimate of drug-likeness (QED) is 0.516. The molecule has 3 heteroatoms. The minimum Gasteiger partial charge on any atom is -0.312 e. The van der Waals surface area contributed by atoms with E-state index in [2.05, 4.69) is 59.9 Å². The molecule has 0 saturated heterocycles. The second-order valence-electron chi connectivity index (χ2n) is 5.94. The van der Waals surface area contributed by atoms with Crippen molar-refractivity contribution in [2.24, 2.45) is 0 Å². The van der Waals surface area contributed by atoms with E-state index >= 15 is 0 Å². The first kappa shape index (κ1) is 19.9. The van der Waals surface area contributed by atoms with Crippen molar-refractivity contribution in [2.75, 3.05) is 6.54 Å². The molecule has 0 radical (unpaired) electrons. The monoisotopic (exact) mass is 367 g/mol. The number of nitrogens with one attached hydrogen (secondary N) is 1. The number of halogens is 2. The molecule has 0 saturated carbocycles. The van der Waals surface area contributed by atoms with E-state index in [9.17, 15) is 4.39 Å². The molecule has 1 N–H and O–H groups in total. The smallest absolute Gasteiger partial charge is 0.123 e. The Hall–Kier alpha value is -2.42. The molecule has 0 unspecified atom stereocenters. The van der Waals surface area contributed by atoms with Crippen molar-refractivity contribution >= 4 is 18.0 Å². The van der Waals surface area contributed by atoms with Crippen molar-refractivity contribution in [2.45, 2.75) is 13.0 Å². The molecule has 0 aromatic heterocycles. The van der Waals surface area contributed by atoms with Gasteiger partial charge >= 0.3 is 0 Å². The van der Waals surface area contributed by atoms with Gasteiger partial charge in [0.05, 0.1) is 0 Å². The Morgan fingerprint density at radius 3 is 1.85 bits per heavy atom. The van der Waals surface area contributed by atoms with Gasteiger partial charge in [-0.1, -0.05) is 78.9 Å². The van der Waals surface area contributed by atoms with E-state index in [0.717, 1.165) is 25.1 Å². The lowest BCUT2D eigenvalue weighted by molar-refractivity contribution is 0.625. The SMILES string of the molecule is Cl.Fc1ccc(CNCCC=C(c2ccccc2)c2ccccc2)cc1. The fraction of sp³-hybridized carbons (Fsp3) is 0.130. The van der Waals surface area contributed by atoms with Gasteiger partial charge in [0.1, 0.15) is 5.82 Å². The minimum absolute atomic E-state index is 0. The summed E-state index contributed by atoms with van der Waals surface area (Å²) in [6.07, 6.45) is 3.21. The minimum atomic E-state index is -0.193. The molecule has 0 aliphatic heterocycles. The maximum atomic E-state index is 12.9. The van der Waals surface area contributed by atoms with Gasteiger partial charge < -0.3 is 5.32 Å². The summed E-state index contributed by atoms with van der Waals surface area (Å²) in [5, 5.41) is 3.41. The zero-order chi connectivity index (χ0) is 17.3. The predicted molar refractivity (Wildman–Crippen MR) is 110 cm³/mol. The molecule has 0 amide bonds. The van der Waals surface area contributed by atoms with E-state index in [1.807, 2.05) is 24.3 Å². The number of hydrogen-bond donors (Lipinski definition) is 1. The standard InChI is InChI=1S/C23H22FN.ClH/c24-22-15-13-19(14-16-22)18-25-17-7-12-23(20-8-3-1-4-9-20)21-10-5-2-6-11-21;/h1-6,8-16,25H,7,17-18H2;1H. The van der Waals surface area contributed by atoms with Crippen molar-refractivity contribution in [1.82, 2.24) is 5.32 Å². The van der Waals surface area contributed by atoms with Crippen LogP contribution in [0.25, 0.3) is 5.57 Å². The van der Waals surface area contributed by atoms with E-state index in [0.29, 0.717) is 0 Å². The Labute approximate surface area is 161 Å². The lowest BCUT2D eigenvalue weighted by Crippen LogP contribution is -2.14. The molecule has 1 nitrogen and oxygen atoms in total. The average Bonchev–Trinajstić information content (AvgIpc) is 2.67. The Morgan fingerprint density at radius 1 is 0.769 bits per heavy atom. The third-order valence-corrected chi connectivity index (χ3v) is 4.08. The van der Waals surface area contributed by atoms with Crippen molar-refractivity contribution in [3.05, 3.63) is 114 Å². The molecule has 3 aromatic rings. The summed E-state index contributed by atoms with van der Waals surface area (Å²) in [4.78, 5) is 0. The summed E-state index contributed by atoms with van der Waals surface area (Å²) in [5.41, 5.74) is 4.81. The summed E-state index contributed by atoms with van der Waals surface area (Å²) in [6, 6.07) is 27.6. The van der Waals surface area contributed by atoms with Crippen molar-refractivity contribution in [3.63, 3.8) is 0 Å². The first-order valence-electron chi connectivity index (χ1n) is 8.59. The summed E-state index contributed by atoms with van der Waals surface area (Å²) < 4.78 is 12.9. The van der Waals surface area contributed by atoms with Gasteiger partial charge in [-0.15, -0.1) is 12.4 Å². The molecule has 3 aromatic carbocycles. The Balaban J connectivity index is 0.00000243. The van der Waals surface area contributed by atoms with Crippen LogP contribution in [0.15, 0.2) is 91.0 Å². The first-order valence-corrected chi connectivity index (χ1v) is 8.59. The lowest BCUT2D eigenvalue weighted by Gasteiger charge is -2.09. The highest BCUT2D eigenvalue weighted by Gasteiger charge is 2.03. The normalized spacial score (nSPS) is 10.0. The Morgan fingerprint density at radius 2 is 1.31 bits per heavy atom. The van der Waals surface area contributed by atoms with Gasteiger partial charge in [0, 0.05) is 6.54 Å². The number of benzene rings is 3. The van der Waals surface area contributed by atoms with Gasteiger partial charge in [0.25, 0.3) is 0 Å². The van der Waals surface area contributed by atoms with Crippen LogP contribution in [0.3, 0.4) is 0 Å². The third kappa shape index (κ3) is 5.83. The highest BCUT2D eigenvalue weighted by Crippen LogP contribution is 2.23. The molecule has 26 heavy (non-hydrogen) atoms. The molecular weight excluding hydrogens is 345 g/mol. The molecule has 0 atom stereocenters. The van der Waals surface area contributed by atoms with Crippen LogP contribution in [-0.4, -0.2) is 6.54 Å². The molecule has 0 heterocycles. The molecule has 0 fully saturated rings. The van der Waals surface area contributed by atoms with Gasteiger partial charge in [0.2, 0.25) is 0 Å². The van der Waals surface area contributed by atoms with Crippen LogP contribution in [0.4, 0.5) is 4.39 Å². The Kier molecular flexibility index (Phi) is 8.07. The van der Waals surface area contributed by atoms with Crippen LogP contribution in [0.5, 0.6) is 0 Å². The number of rotatable bonds is 7. The van der Waals surface area contributed by atoms with Crippen LogP contribution in [-0.2, 0) is 6.54 Å². The zero-order valence-corrected chi connectivity index (χ0v) is 15.4. The van der Waals surface area contributed by atoms with Gasteiger partial charge in [-0.25, -0.2) is 4.39 Å². The predicted octanol–water partition coefficient (Wildman–Crippen LogP) is 5.86. The molecule has 3 rings (SSSR count). The summed E-state index contributed by atoms with van der Waals surface area (Å²) in [7, 11) is 0. The van der Waals surface area contributed by atoms with Crippen LogP contribution in [0.2, 0.25) is 0 Å². The van der Waals surface area contributed by atoms with E-state index in [-0.39, 0.29) is 18.2 Å². The molecule has 0 aliphatic carbocycles. The fourth-order valence-corrected chi connectivity index (χ4v) is 2.79. The van der Waals surface area contributed by atoms with Gasteiger partial charge in [-0.05, 0) is 47.4 Å². The molecule has 0 aliphatic rings. The number of hydrogen-bond acceptors (Lipinski definition) is 1. The fourth-order valence-electron chi connectivity index (χ4n) is 2.79. The highest BCUT2D eigenvalue weighted by atomic mass is 35.5. The van der Waals surface area contributed by atoms with Crippen LogP contribution in [0, 0.1) is 5.82 Å². The molecule has 0 spiro atoms. The lowest BCUT2D eigenvalue weighted by atomic mass is 9.97. The summed E-state index contributed by atoms with van der Waals surface area (Å²) >= 11 is 0. The topological polar surface area (TPSA) is 12.0 Å². The highest BCUT2D eigenvalue weighted by molar-refractivity contribution is 5.85. The van der Waals surface area contributed by atoms with Crippen LogP contribution in [0.1, 0.15) is 23.1 Å². The van der Waals surface area contributed by atoms with Crippen LogP contribution < -0.4 is 5.32 Å².